The van der Waals surface area contributed by atoms with Gasteiger partial charge in [-0.05, 0) is 69.7 Å². The number of amides is 1. The lowest BCUT2D eigenvalue weighted by Crippen LogP contribution is -2.24. The molecule has 29 heavy (non-hydrogen) atoms. The SMILES string of the molecule is CCOc1ccc(/C=N/NC(=O)COc2ccc(C(C)(C)C)cc2Br)cc1OC. The molecule has 0 atom stereocenters. The summed E-state index contributed by atoms with van der Waals surface area (Å²) in [5.41, 5.74) is 4.44. The maximum absolute atomic E-state index is 12.0. The van der Waals surface area contributed by atoms with Crippen molar-refractivity contribution in [3.63, 3.8) is 0 Å². The summed E-state index contributed by atoms with van der Waals surface area (Å²) in [5.74, 6) is 1.51. The first-order valence-electron chi connectivity index (χ1n) is 9.30. The van der Waals surface area contributed by atoms with Gasteiger partial charge in [-0.3, -0.25) is 4.79 Å². The van der Waals surface area contributed by atoms with Gasteiger partial charge in [0.25, 0.3) is 5.91 Å². The summed E-state index contributed by atoms with van der Waals surface area (Å²) in [4.78, 5) is 12.0. The Labute approximate surface area is 180 Å². The third-order valence-corrected chi connectivity index (χ3v) is 4.67. The van der Waals surface area contributed by atoms with Gasteiger partial charge < -0.3 is 14.2 Å². The molecule has 0 aliphatic carbocycles. The number of ether oxygens (including phenoxy) is 3. The Morgan fingerprint density at radius 2 is 1.83 bits per heavy atom. The summed E-state index contributed by atoms with van der Waals surface area (Å²) >= 11 is 3.49. The highest BCUT2D eigenvalue weighted by molar-refractivity contribution is 9.10. The molecule has 0 aromatic heterocycles. The van der Waals surface area contributed by atoms with Gasteiger partial charge >= 0.3 is 0 Å². The van der Waals surface area contributed by atoms with E-state index in [0.717, 1.165) is 10.0 Å². The lowest BCUT2D eigenvalue weighted by molar-refractivity contribution is -0.123. The lowest BCUT2D eigenvalue weighted by Gasteiger charge is -2.20. The second kappa shape index (κ2) is 10.3. The first-order chi connectivity index (χ1) is 13.7. The molecule has 0 fully saturated rings. The van der Waals surface area contributed by atoms with E-state index in [-0.39, 0.29) is 17.9 Å². The molecule has 2 aromatic carbocycles. The topological polar surface area (TPSA) is 69.2 Å². The van der Waals surface area contributed by atoms with Crippen molar-refractivity contribution in [1.82, 2.24) is 5.43 Å². The molecular formula is C22H27BrN2O4. The predicted molar refractivity (Wildman–Crippen MR) is 118 cm³/mol. The Bertz CT molecular complexity index is 876. The molecule has 0 unspecified atom stereocenters. The normalized spacial score (nSPS) is 11.4. The fourth-order valence-corrected chi connectivity index (χ4v) is 2.97. The number of benzene rings is 2. The Morgan fingerprint density at radius 1 is 1.10 bits per heavy atom. The molecule has 156 valence electrons. The molecule has 7 heteroatoms. The second-order valence-corrected chi connectivity index (χ2v) is 8.17. The molecule has 1 amide bonds. The minimum absolute atomic E-state index is 0.0384. The van der Waals surface area contributed by atoms with E-state index in [0.29, 0.717) is 23.9 Å². The highest BCUT2D eigenvalue weighted by Crippen LogP contribution is 2.31. The molecular weight excluding hydrogens is 436 g/mol. The Morgan fingerprint density at radius 3 is 2.45 bits per heavy atom. The van der Waals surface area contributed by atoms with E-state index < -0.39 is 0 Å². The van der Waals surface area contributed by atoms with Gasteiger partial charge in [0.05, 0.1) is 24.4 Å². The molecule has 0 saturated heterocycles. The number of carbonyl (C=O) groups is 1. The summed E-state index contributed by atoms with van der Waals surface area (Å²) in [6.45, 7) is 8.73. The van der Waals surface area contributed by atoms with Crippen molar-refractivity contribution < 1.29 is 19.0 Å². The second-order valence-electron chi connectivity index (χ2n) is 7.32. The zero-order chi connectivity index (χ0) is 21.4. The smallest absolute Gasteiger partial charge is 0.277 e. The highest BCUT2D eigenvalue weighted by Gasteiger charge is 2.15. The van der Waals surface area contributed by atoms with Crippen molar-refractivity contribution in [2.24, 2.45) is 5.10 Å². The van der Waals surface area contributed by atoms with Crippen molar-refractivity contribution >= 4 is 28.1 Å². The molecule has 0 spiro atoms. The van der Waals surface area contributed by atoms with E-state index in [1.54, 1.807) is 19.2 Å². The van der Waals surface area contributed by atoms with E-state index in [4.69, 9.17) is 14.2 Å². The molecule has 2 aromatic rings. The maximum atomic E-state index is 12.0. The Hall–Kier alpha value is -2.54. The van der Waals surface area contributed by atoms with Gasteiger partial charge in [0.1, 0.15) is 5.75 Å². The minimum atomic E-state index is -0.356. The fraction of sp³-hybridized carbons (Fsp3) is 0.364. The number of halogens is 1. The van der Waals surface area contributed by atoms with Gasteiger partial charge in [-0.15, -0.1) is 0 Å². The number of nitrogens with one attached hydrogen (secondary N) is 1. The third-order valence-electron chi connectivity index (χ3n) is 4.05. The van der Waals surface area contributed by atoms with Crippen LogP contribution >= 0.6 is 15.9 Å². The average molecular weight is 463 g/mol. The van der Waals surface area contributed by atoms with Gasteiger partial charge in [-0.2, -0.15) is 5.10 Å². The third kappa shape index (κ3) is 6.78. The van der Waals surface area contributed by atoms with Crippen molar-refractivity contribution in [3.05, 3.63) is 52.0 Å². The van der Waals surface area contributed by atoms with Gasteiger partial charge in [0.15, 0.2) is 18.1 Å². The highest BCUT2D eigenvalue weighted by atomic mass is 79.9. The number of hydrogen-bond acceptors (Lipinski definition) is 5. The van der Waals surface area contributed by atoms with Gasteiger partial charge in [-0.25, -0.2) is 5.43 Å². The predicted octanol–water partition coefficient (Wildman–Crippen LogP) is 4.68. The molecule has 0 aliphatic rings. The summed E-state index contributed by atoms with van der Waals surface area (Å²) in [7, 11) is 1.57. The van der Waals surface area contributed by atoms with Gasteiger partial charge in [0.2, 0.25) is 0 Å². The van der Waals surface area contributed by atoms with Crippen LogP contribution in [0.15, 0.2) is 46.0 Å². The van der Waals surface area contributed by atoms with Crippen LogP contribution in [0.25, 0.3) is 0 Å². The first-order valence-corrected chi connectivity index (χ1v) is 10.1. The average Bonchev–Trinajstić information content (AvgIpc) is 2.67. The Balaban J connectivity index is 1.90. The van der Waals surface area contributed by atoms with Crippen LogP contribution in [0, 0.1) is 0 Å². The number of hydrazone groups is 1. The molecule has 1 N–H and O–H groups in total. The van der Waals surface area contributed by atoms with Crippen LogP contribution in [0.2, 0.25) is 0 Å². The number of rotatable bonds is 8. The van der Waals surface area contributed by atoms with E-state index in [2.05, 4.69) is 47.2 Å². The standard InChI is InChI=1S/C22H27BrN2O4/c1-6-28-19-9-7-15(11-20(19)27-5)13-24-25-21(26)14-29-18-10-8-16(12-17(18)23)22(2,3)4/h7-13H,6,14H2,1-5H3,(H,25,26)/b24-13+. The summed E-state index contributed by atoms with van der Waals surface area (Å²) in [5, 5.41) is 3.96. The van der Waals surface area contributed by atoms with Crippen LogP contribution in [-0.2, 0) is 10.2 Å². The molecule has 0 radical (unpaired) electrons. The molecule has 6 nitrogen and oxygen atoms in total. The van der Waals surface area contributed by atoms with Gasteiger partial charge in [0, 0.05) is 0 Å². The van der Waals surface area contributed by atoms with Crippen LogP contribution in [0.5, 0.6) is 17.2 Å². The van der Waals surface area contributed by atoms with E-state index in [9.17, 15) is 4.79 Å². The summed E-state index contributed by atoms with van der Waals surface area (Å²) in [6, 6.07) is 11.3. The number of methoxy groups -OCH3 is 1. The molecule has 2 rings (SSSR count). The monoisotopic (exact) mass is 462 g/mol. The maximum Gasteiger partial charge on any atom is 0.277 e. The number of carbonyl (C=O) groups excluding carboxylic acids is 1. The summed E-state index contributed by atoms with van der Waals surface area (Å²) < 4.78 is 17.2. The van der Waals surface area contributed by atoms with E-state index >= 15 is 0 Å². The van der Waals surface area contributed by atoms with Crippen LogP contribution in [-0.4, -0.2) is 32.4 Å². The van der Waals surface area contributed by atoms with Crippen molar-refractivity contribution in [2.45, 2.75) is 33.1 Å². The molecule has 0 saturated carbocycles. The van der Waals surface area contributed by atoms with Crippen LogP contribution in [0.1, 0.15) is 38.8 Å². The van der Waals surface area contributed by atoms with Crippen molar-refractivity contribution in [2.75, 3.05) is 20.3 Å². The van der Waals surface area contributed by atoms with Crippen molar-refractivity contribution in [1.29, 1.82) is 0 Å². The first kappa shape index (κ1) is 22.7. The molecule has 0 bridgehead atoms. The Kier molecular flexibility index (Phi) is 8.08. The zero-order valence-electron chi connectivity index (χ0n) is 17.4. The largest absolute Gasteiger partial charge is 0.493 e. The minimum Gasteiger partial charge on any atom is -0.493 e. The zero-order valence-corrected chi connectivity index (χ0v) is 19.0. The van der Waals surface area contributed by atoms with Crippen LogP contribution in [0.3, 0.4) is 0 Å². The van der Waals surface area contributed by atoms with Gasteiger partial charge in [-0.1, -0.05) is 26.8 Å². The van der Waals surface area contributed by atoms with Crippen LogP contribution < -0.4 is 19.6 Å². The van der Waals surface area contributed by atoms with E-state index in [1.807, 2.05) is 31.2 Å². The lowest BCUT2D eigenvalue weighted by atomic mass is 9.87. The van der Waals surface area contributed by atoms with Crippen LogP contribution in [0.4, 0.5) is 0 Å². The molecule has 0 aliphatic heterocycles. The van der Waals surface area contributed by atoms with E-state index in [1.165, 1.54) is 11.8 Å². The number of nitrogens with zero attached hydrogens (tertiary/aromatic N) is 1. The number of hydrogen-bond donors (Lipinski definition) is 1. The molecule has 0 heterocycles. The van der Waals surface area contributed by atoms with Crippen molar-refractivity contribution in [3.8, 4) is 17.2 Å². The quantitative estimate of drug-likeness (QED) is 0.456. The summed E-state index contributed by atoms with van der Waals surface area (Å²) in [6.07, 6.45) is 1.53. The fourth-order valence-electron chi connectivity index (χ4n) is 2.48.